The summed E-state index contributed by atoms with van der Waals surface area (Å²) in [4.78, 5) is 17.9. The Morgan fingerprint density at radius 1 is 1.15 bits per heavy atom. The number of aromatic nitrogens is 2. The first kappa shape index (κ1) is 19.2. The summed E-state index contributed by atoms with van der Waals surface area (Å²) in [5.41, 5.74) is 2.67. The molecule has 0 unspecified atom stereocenters. The monoisotopic (exact) mass is 377 g/mol. The number of benzene rings is 2. The molecule has 0 fully saturated rings. The standard InChI is InChI=1S/C22H23N3OS/c1-4-16(3)17-9-11-18(12-10-17)25-21(26)19-7-5-6-8-20(19)24-22(25)27-14-15(2)13-23/h5-12,15-16H,4,14H2,1-3H3/t15-,16+/m1/s1. The Balaban J connectivity index is 2.13. The summed E-state index contributed by atoms with van der Waals surface area (Å²) in [6.45, 7) is 6.24. The SMILES string of the molecule is CC[C@H](C)c1ccc(-n2c(SC[C@H](C)C#N)nc3ccccc3c2=O)cc1. The van der Waals surface area contributed by atoms with Crippen molar-refractivity contribution in [3.8, 4) is 11.8 Å². The van der Waals surface area contributed by atoms with E-state index in [9.17, 15) is 4.79 Å². The van der Waals surface area contributed by atoms with Crippen LogP contribution >= 0.6 is 11.8 Å². The lowest BCUT2D eigenvalue weighted by atomic mass is 9.98. The zero-order valence-electron chi connectivity index (χ0n) is 15.8. The van der Waals surface area contributed by atoms with Gasteiger partial charge >= 0.3 is 0 Å². The minimum atomic E-state index is -0.111. The molecule has 27 heavy (non-hydrogen) atoms. The van der Waals surface area contributed by atoms with E-state index in [1.807, 2.05) is 37.3 Å². The van der Waals surface area contributed by atoms with Crippen molar-refractivity contribution >= 4 is 22.7 Å². The van der Waals surface area contributed by atoms with Crippen molar-refractivity contribution in [2.75, 3.05) is 5.75 Å². The highest BCUT2D eigenvalue weighted by atomic mass is 32.2. The molecule has 1 heterocycles. The molecule has 4 nitrogen and oxygen atoms in total. The highest BCUT2D eigenvalue weighted by Gasteiger charge is 2.15. The zero-order valence-corrected chi connectivity index (χ0v) is 16.7. The third-order valence-electron chi connectivity index (χ3n) is 4.76. The molecule has 0 bridgehead atoms. The molecule has 5 heteroatoms. The van der Waals surface area contributed by atoms with Gasteiger partial charge in [0.05, 0.1) is 28.6 Å². The van der Waals surface area contributed by atoms with Gasteiger partial charge in [0.25, 0.3) is 5.56 Å². The molecule has 2 aromatic carbocycles. The predicted octanol–water partition coefficient (Wildman–Crippen LogP) is 5.15. The van der Waals surface area contributed by atoms with Crippen LogP contribution in [0.3, 0.4) is 0 Å². The van der Waals surface area contributed by atoms with Gasteiger partial charge in [0, 0.05) is 5.75 Å². The molecule has 0 spiro atoms. The Bertz CT molecular complexity index is 1030. The maximum Gasteiger partial charge on any atom is 0.266 e. The molecule has 0 aliphatic heterocycles. The molecule has 1 aromatic heterocycles. The molecule has 138 valence electrons. The lowest BCUT2D eigenvalue weighted by Crippen LogP contribution is -2.22. The molecule has 3 aromatic rings. The highest BCUT2D eigenvalue weighted by Crippen LogP contribution is 2.25. The van der Waals surface area contributed by atoms with Gasteiger partial charge < -0.3 is 0 Å². The number of para-hydroxylation sites is 1. The van der Waals surface area contributed by atoms with Crippen LogP contribution in [0.2, 0.25) is 0 Å². The summed E-state index contributed by atoms with van der Waals surface area (Å²) in [7, 11) is 0. The molecule has 0 aliphatic rings. The molecule has 0 saturated heterocycles. The van der Waals surface area contributed by atoms with Crippen LogP contribution in [0.4, 0.5) is 0 Å². The number of hydrogen-bond donors (Lipinski definition) is 0. The Kier molecular flexibility index (Phi) is 5.98. The molecular weight excluding hydrogens is 354 g/mol. The van der Waals surface area contributed by atoms with Gasteiger partial charge in [-0.1, -0.05) is 49.9 Å². The van der Waals surface area contributed by atoms with Crippen molar-refractivity contribution in [1.82, 2.24) is 9.55 Å². The minimum Gasteiger partial charge on any atom is -0.268 e. The van der Waals surface area contributed by atoms with Crippen molar-refractivity contribution in [3.63, 3.8) is 0 Å². The summed E-state index contributed by atoms with van der Waals surface area (Å²) >= 11 is 1.45. The molecule has 3 rings (SSSR count). The van der Waals surface area contributed by atoms with Crippen molar-refractivity contribution < 1.29 is 0 Å². The molecule has 2 atom stereocenters. The number of nitriles is 1. The van der Waals surface area contributed by atoms with Crippen LogP contribution in [0.5, 0.6) is 0 Å². The molecular formula is C22H23N3OS. The van der Waals surface area contributed by atoms with Crippen LogP contribution in [0, 0.1) is 17.2 Å². The van der Waals surface area contributed by atoms with Gasteiger partial charge in [-0.05, 0) is 49.1 Å². The summed E-state index contributed by atoms with van der Waals surface area (Å²) in [5, 5.41) is 10.3. The van der Waals surface area contributed by atoms with Gasteiger partial charge in [0.1, 0.15) is 0 Å². The van der Waals surface area contributed by atoms with Crippen molar-refractivity contribution in [2.45, 2.75) is 38.3 Å². The van der Waals surface area contributed by atoms with Crippen LogP contribution in [0.25, 0.3) is 16.6 Å². The van der Waals surface area contributed by atoms with E-state index in [1.54, 1.807) is 10.6 Å². The van der Waals surface area contributed by atoms with Crippen LogP contribution < -0.4 is 5.56 Å². The van der Waals surface area contributed by atoms with E-state index < -0.39 is 0 Å². The second-order valence-corrected chi connectivity index (χ2v) is 7.78. The normalized spacial score (nSPS) is 13.3. The smallest absolute Gasteiger partial charge is 0.266 e. The Hall–Kier alpha value is -2.58. The number of fused-ring (bicyclic) bond motifs is 1. The van der Waals surface area contributed by atoms with Crippen molar-refractivity contribution in [2.24, 2.45) is 5.92 Å². The molecule has 0 saturated carbocycles. The van der Waals surface area contributed by atoms with Crippen molar-refractivity contribution in [3.05, 3.63) is 64.4 Å². The first-order valence-corrected chi connectivity index (χ1v) is 10.2. The quantitative estimate of drug-likeness (QED) is 0.440. The summed E-state index contributed by atoms with van der Waals surface area (Å²) in [5.74, 6) is 0.960. The first-order chi connectivity index (χ1) is 13.0. The second-order valence-electron chi connectivity index (χ2n) is 6.79. The average molecular weight is 378 g/mol. The number of hydrogen-bond acceptors (Lipinski definition) is 4. The average Bonchev–Trinajstić information content (AvgIpc) is 2.71. The largest absolute Gasteiger partial charge is 0.268 e. The van der Waals surface area contributed by atoms with Crippen molar-refractivity contribution in [1.29, 1.82) is 5.26 Å². The number of nitrogens with zero attached hydrogens (tertiary/aromatic N) is 3. The fourth-order valence-corrected chi connectivity index (χ4v) is 3.82. The van der Waals surface area contributed by atoms with Gasteiger partial charge in [-0.15, -0.1) is 0 Å². The lowest BCUT2D eigenvalue weighted by Gasteiger charge is -2.15. The van der Waals surface area contributed by atoms with Gasteiger partial charge in [-0.25, -0.2) is 4.98 Å². The van der Waals surface area contributed by atoms with Crippen LogP contribution in [-0.4, -0.2) is 15.3 Å². The highest BCUT2D eigenvalue weighted by molar-refractivity contribution is 7.99. The van der Waals surface area contributed by atoms with Crippen LogP contribution in [0.15, 0.2) is 58.5 Å². The molecule has 0 amide bonds. The molecule has 0 N–H and O–H groups in total. The van der Waals surface area contributed by atoms with E-state index in [-0.39, 0.29) is 11.5 Å². The Morgan fingerprint density at radius 3 is 2.52 bits per heavy atom. The van der Waals surface area contributed by atoms with E-state index in [4.69, 9.17) is 10.2 Å². The maximum atomic E-state index is 13.2. The first-order valence-electron chi connectivity index (χ1n) is 9.19. The lowest BCUT2D eigenvalue weighted by molar-refractivity contribution is 0.732. The van der Waals surface area contributed by atoms with Gasteiger partial charge in [0.15, 0.2) is 5.16 Å². The van der Waals surface area contributed by atoms with E-state index >= 15 is 0 Å². The fourth-order valence-electron chi connectivity index (χ4n) is 2.86. The summed E-state index contributed by atoms with van der Waals surface area (Å²) < 4.78 is 1.66. The predicted molar refractivity (Wildman–Crippen MR) is 112 cm³/mol. The zero-order chi connectivity index (χ0) is 19.4. The second kappa shape index (κ2) is 8.41. The summed E-state index contributed by atoms with van der Waals surface area (Å²) in [6.07, 6.45) is 1.07. The number of thioether (sulfide) groups is 1. The Morgan fingerprint density at radius 2 is 1.85 bits per heavy atom. The van der Waals surface area contributed by atoms with Crippen LogP contribution in [-0.2, 0) is 0 Å². The van der Waals surface area contributed by atoms with E-state index in [1.165, 1.54) is 17.3 Å². The fraction of sp³-hybridized carbons (Fsp3) is 0.318. The van der Waals surface area contributed by atoms with Gasteiger partial charge in [0.2, 0.25) is 0 Å². The third-order valence-corrected chi connectivity index (χ3v) is 5.96. The molecule has 0 aliphatic carbocycles. The van der Waals surface area contributed by atoms with E-state index in [0.29, 0.717) is 27.7 Å². The van der Waals surface area contributed by atoms with Gasteiger partial charge in [-0.3, -0.25) is 9.36 Å². The minimum absolute atomic E-state index is 0.0796. The van der Waals surface area contributed by atoms with E-state index in [2.05, 4.69) is 32.0 Å². The Labute approximate surface area is 163 Å². The summed E-state index contributed by atoms with van der Waals surface area (Å²) in [6, 6.07) is 17.8. The van der Waals surface area contributed by atoms with Crippen LogP contribution in [0.1, 0.15) is 38.7 Å². The topological polar surface area (TPSA) is 58.7 Å². The number of rotatable bonds is 6. The van der Waals surface area contributed by atoms with Gasteiger partial charge in [-0.2, -0.15) is 5.26 Å². The third kappa shape index (κ3) is 4.06. The molecule has 0 radical (unpaired) electrons. The van der Waals surface area contributed by atoms with E-state index in [0.717, 1.165) is 12.1 Å². The maximum absolute atomic E-state index is 13.2.